The number of nitrogens with one attached hydrogen (secondary N) is 2. The minimum Gasteiger partial charge on any atom is -0.412 e. The van der Waals surface area contributed by atoms with Crippen LogP contribution in [0.3, 0.4) is 0 Å². The van der Waals surface area contributed by atoms with Crippen LogP contribution in [0.2, 0.25) is 0 Å². The highest BCUT2D eigenvalue weighted by molar-refractivity contribution is 6.00. The Morgan fingerprint density at radius 2 is 1.83 bits per heavy atom. The van der Waals surface area contributed by atoms with Crippen LogP contribution in [0.4, 0.5) is 11.4 Å². The number of benzene rings is 1. The molecule has 12 heavy (non-hydrogen) atoms. The number of hydrogen-bond acceptors (Lipinski definition) is 2. The van der Waals surface area contributed by atoms with E-state index in [2.05, 4.69) is 10.6 Å². The van der Waals surface area contributed by atoms with Gasteiger partial charge in [0, 0.05) is 0 Å². The zero-order valence-electron chi connectivity index (χ0n) is 6.42. The van der Waals surface area contributed by atoms with Crippen molar-refractivity contribution in [2.24, 2.45) is 0 Å². The molecule has 0 bridgehead atoms. The average molecular weight is 166 g/mol. The van der Waals surface area contributed by atoms with Crippen LogP contribution in [0.15, 0.2) is 24.3 Å². The normalized spacial score (nSPS) is 13.5. The van der Waals surface area contributed by atoms with E-state index in [4.69, 9.17) is 0 Å². The lowest BCUT2D eigenvalue weighted by molar-refractivity contribution is -0.114. The summed E-state index contributed by atoms with van der Waals surface area (Å²) >= 11 is 0. The molecule has 0 unspecified atom stereocenters. The van der Waals surface area contributed by atoms with Crippen LogP contribution in [-0.4, -0.2) is 17.9 Å². The quantitative estimate of drug-likeness (QED) is 0.578. The summed E-state index contributed by atoms with van der Waals surface area (Å²) in [6.07, 6.45) is 0. The number of hydrogen-bond donors (Lipinski definition) is 2. The number of fused-ring (bicyclic) bond motifs is 1. The zero-order chi connectivity index (χ0) is 7.68. The molecule has 0 saturated carbocycles. The fourth-order valence-electron chi connectivity index (χ4n) is 1.12. The number of rotatable bonds is 0. The first-order valence-electron chi connectivity index (χ1n) is 3.49. The van der Waals surface area contributed by atoms with Gasteiger partial charge in [-0.15, -0.1) is 0 Å². The van der Waals surface area contributed by atoms with Crippen molar-refractivity contribution in [2.75, 3.05) is 17.2 Å². The molecule has 0 aliphatic carbocycles. The van der Waals surface area contributed by atoms with Gasteiger partial charge in [0.2, 0.25) is 5.91 Å². The first-order valence-corrected chi connectivity index (χ1v) is 3.49. The van der Waals surface area contributed by atoms with Gasteiger partial charge in [0.25, 0.3) is 0 Å². The summed E-state index contributed by atoms with van der Waals surface area (Å²) < 4.78 is 0. The Hall–Kier alpha value is -1.55. The Morgan fingerprint density at radius 3 is 2.58 bits per heavy atom. The predicted molar refractivity (Wildman–Crippen MR) is 47.2 cm³/mol. The molecule has 1 aliphatic heterocycles. The van der Waals surface area contributed by atoms with Crippen molar-refractivity contribution in [3.63, 3.8) is 0 Å². The number of carbonyl (C=O) groups is 1. The second-order valence-electron chi connectivity index (χ2n) is 2.45. The van der Waals surface area contributed by atoms with Gasteiger partial charge in [-0.05, 0) is 12.1 Å². The molecule has 0 radical (unpaired) electrons. The third-order valence-electron chi connectivity index (χ3n) is 1.64. The maximum Gasteiger partial charge on any atom is 0.243 e. The summed E-state index contributed by atoms with van der Waals surface area (Å²) in [6.45, 7) is 0.372. The van der Waals surface area contributed by atoms with E-state index in [1.54, 1.807) is 0 Å². The molecule has 4 nitrogen and oxygen atoms in total. The second kappa shape index (κ2) is 3.23. The first-order chi connectivity index (χ1) is 5.36. The lowest BCUT2D eigenvalue weighted by Gasteiger charge is -2.17. The summed E-state index contributed by atoms with van der Waals surface area (Å²) in [6, 6.07) is 7.64. The summed E-state index contributed by atoms with van der Waals surface area (Å²) in [4.78, 5) is 10.9. The van der Waals surface area contributed by atoms with Crippen LogP contribution in [0, 0.1) is 0 Å². The number of carbonyl (C=O) groups excluding carboxylic acids is 1. The van der Waals surface area contributed by atoms with Crippen LogP contribution in [0.25, 0.3) is 0 Å². The molecule has 0 saturated heterocycles. The average Bonchev–Trinajstić information content (AvgIpc) is 2.04. The zero-order valence-corrected chi connectivity index (χ0v) is 6.42. The van der Waals surface area contributed by atoms with E-state index < -0.39 is 0 Å². The Kier molecular flexibility index (Phi) is 2.30. The van der Waals surface area contributed by atoms with Crippen molar-refractivity contribution in [3.05, 3.63) is 24.3 Å². The molecule has 0 spiro atoms. The van der Waals surface area contributed by atoms with Gasteiger partial charge in [-0.2, -0.15) is 0 Å². The van der Waals surface area contributed by atoms with Crippen molar-refractivity contribution in [1.29, 1.82) is 0 Å². The third-order valence-corrected chi connectivity index (χ3v) is 1.64. The lowest BCUT2D eigenvalue weighted by Crippen LogP contribution is -2.27. The molecule has 4 N–H and O–H groups in total. The van der Waals surface area contributed by atoms with E-state index in [9.17, 15) is 4.79 Å². The molecule has 4 heteroatoms. The first kappa shape index (κ1) is 8.55. The van der Waals surface area contributed by atoms with E-state index in [0.717, 1.165) is 11.4 Å². The summed E-state index contributed by atoms with van der Waals surface area (Å²) in [5, 5.41) is 5.76. The minimum absolute atomic E-state index is 0. The molecule has 0 aromatic heterocycles. The van der Waals surface area contributed by atoms with Gasteiger partial charge in [0.15, 0.2) is 0 Å². The Balaban J connectivity index is 0.000000720. The fraction of sp³-hybridized carbons (Fsp3) is 0.125. The smallest absolute Gasteiger partial charge is 0.243 e. The molecular formula is C8H10N2O2. The molecule has 1 aliphatic rings. The highest BCUT2D eigenvalue weighted by Crippen LogP contribution is 2.22. The lowest BCUT2D eigenvalue weighted by atomic mass is 10.2. The molecule has 1 aromatic carbocycles. The Morgan fingerprint density at radius 1 is 1.17 bits per heavy atom. The van der Waals surface area contributed by atoms with Gasteiger partial charge in [0.1, 0.15) is 0 Å². The van der Waals surface area contributed by atoms with Crippen molar-refractivity contribution >= 4 is 17.3 Å². The van der Waals surface area contributed by atoms with Gasteiger partial charge in [-0.3, -0.25) is 4.79 Å². The van der Waals surface area contributed by atoms with Crippen molar-refractivity contribution < 1.29 is 10.3 Å². The van der Waals surface area contributed by atoms with Gasteiger partial charge in [0.05, 0.1) is 17.9 Å². The Labute approximate surface area is 69.9 Å². The van der Waals surface area contributed by atoms with Crippen LogP contribution < -0.4 is 10.6 Å². The SMILES string of the molecule is O.O=C1CNc2ccccc2N1. The minimum atomic E-state index is 0. The Bertz CT molecular complexity index is 299. The van der Waals surface area contributed by atoms with E-state index in [-0.39, 0.29) is 11.4 Å². The molecule has 0 fully saturated rings. The van der Waals surface area contributed by atoms with Crippen molar-refractivity contribution in [2.45, 2.75) is 0 Å². The highest BCUT2D eigenvalue weighted by Gasteiger charge is 2.11. The predicted octanol–water partition coefficient (Wildman–Crippen LogP) is 0.226. The standard InChI is InChI=1S/C8H8N2O.H2O/c11-8-5-9-6-3-1-2-4-7(6)10-8;/h1-4,9H,5H2,(H,10,11);1H2. The van der Waals surface area contributed by atoms with Gasteiger partial charge < -0.3 is 16.1 Å². The van der Waals surface area contributed by atoms with E-state index in [0.29, 0.717) is 6.54 Å². The van der Waals surface area contributed by atoms with Crippen molar-refractivity contribution in [1.82, 2.24) is 0 Å². The maximum absolute atomic E-state index is 10.9. The van der Waals surface area contributed by atoms with Crippen LogP contribution in [-0.2, 0) is 4.79 Å². The summed E-state index contributed by atoms with van der Waals surface area (Å²) in [5.74, 6) is 0.0173. The third kappa shape index (κ3) is 1.38. The number of anilines is 2. The second-order valence-corrected chi connectivity index (χ2v) is 2.45. The molecule has 1 amide bonds. The topological polar surface area (TPSA) is 72.6 Å². The van der Waals surface area contributed by atoms with Gasteiger partial charge in [-0.25, -0.2) is 0 Å². The molecule has 64 valence electrons. The number of para-hydroxylation sites is 2. The van der Waals surface area contributed by atoms with E-state index in [1.807, 2.05) is 24.3 Å². The van der Waals surface area contributed by atoms with Gasteiger partial charge in [-0.1, -0.05) is 12.1 Å². The van der Waals surface area contributed by atoms with Gasteiger partial charge >= 0.3 is 0 Å². The van der Waals surface area contributed by atoms with E-state index >= 15 is 0 Å². The van der Waals surface area contributed by atoms with Crippen molar-refractivity contribution in [3.8, 4) is 0 Å². The van der Waals surface area contributed by atoms with E-state index in [1.165, 1.54) is 0 Å². The van der Waals surface area contributed by atoms with Crippen LogP contribution >= 0.6 is 0 Å². The molecular weight excluding hydrogens is 156 g/mol. The fourth-order valence-corrected chi connectivity index (χ4v) is 1.12. The molecule has 1 aromatic rings. The molecule has 0 atom stereocenters. The molecule has 1 heterocycles. The van der Waals surface area contributed by atoms with Crippen LogP contribution in [0.1, 0.15) is 0 Å². The monoisotopic (exact) mass is 166 g/mol. The highest BCUT2D eigenvalue weighted by atomic mass is 16.2. The number of amides is 1. The summed E-state index contributed by atoms with van der Waals surface area (Å²) in [5.41, 5.74) is 1.86. The maximum atomic E-state index is 10.9. The molecule has 2 rings (SSSR count). The largest absolute Gasteiger partial charge is 0.412 e. The summed E-state index contributed by atoms with van der Waals surface area (Å²) in [7, 11) is 0. The van der Waals surface area contributed by atoms with Crippen LogP contribution in [0.5, 0.6) is 0 Å².